The highest BCUT2D eigenvalue weighted by atomic mass is 16.5. The van der Waals surface area contributed by atoms with Crippen molar-refractivity contribution in [2.75, 3.05) is 39.9 Å². The molecule has 0 aromatic heterocycles. The second kappa shape index (κ2) is 8.90. The first-order chi connectivity index (χ1) is 8.24. The lowest BCUT2D eigenvalue weighted by Gasteiger charge is -2.36. The van der Waals surface area contributed by atoms with Crippen LogP contribution in [0.5, 0.6) is 0 Å². The lowest BCUT2D eigenvalue weighted by atomic mass is 10.0. The summed E-state index contributed by atoms with van der Waals surface area (Å²) in [6, 6.07) is 0.749. The number of piperidine rings is 1. The first-order valence-electron chi connectivity index (χ1n) is 7.17. The maximum atomic E-state index is 5.14. The van der Waals surface area contributed by atoms with Crippen molar-refractivity contribution in [3.05, 3.63) is 0 Å². The van der Waals surface area contributed by atoms with E-state index in [0.717, 1.165) is 38.1 Å². The van der Waals surface area contributed by atoms with E-state index < -0.39 is 0 Å². The molecular formula is C14H30N2O. The Balaban J connectivity index is 2.22. The molecule has 102 valence electrons. The second-order valence-electron chi connectivity index (χ2n) is 5.58. The molecule has 0 amide bonds. The lowest BCUT2D eigenvalue weighted by Crippen LogP contribution is -2.46. The second-order valence-corrected chi connectivity index (χ2v) is 5.58. The molecule has 1 aliphatic heterocycles. The summed E-state index contributed by atoms with van der Waals surface area (Å²) in [4.78, 5) is 2.65. The molecule has 17 heavy (non-hydrogen) atoms. The number of likely N-dealkylation sites (tertiary alicyclic amines) is 1. The van der Waals surface area contributed by atoms with Crippen molar-refractivity contribution in [3.63, 3.8) is 0 Å². The van der Waals surface area contributed by atoms with Gasteiger partial charge in [-0.25, -0.2) is 0 Å². The summed E-state index contributed by atoms with van der Waals surface area (Å²) in [5.41, 5.74) is 0. The Labute approximate surface area is 107 Å². The summed E-state index contributed by atoms with van der Waals surface area (Å²) < 4.78 is 5.14. The third-order valence-electron chi connectivity index (χ3n) is 3.48. The normalized spacial score (nSPS) is 22.2. The van der Waals surface area contributed by atoms with Gasteiger partial charge in [-0.15, -0.1) is 0 Å². The maximum Gasteiger partial charge on any atom is 0.0474 e. The fraction of sp³-hybridized carbons (Fsp3) is 1.00. The van der Waals surface area contributed by atoms with Gasteiger partial charge in [0.25, 0.3) is 0 Å². The zero-order valence-electron chi connectivity index (χ0n) is 11.9. The van der Waals surface area contributed by atoms with Crippen LogP contribution in [-0.4, -0.2) is 50.8 Å². The molecule has 0 aromatic carbocycles. The molecule has 1 unspecified atom stereocenters. The number of rotatable bonds is 8. The highest BCUT2D eigenvalue weighted by Crippen LogP contribution is 2.16. The Morgan fingerprint density at radius 2 is 2.18 bits per heavy atom. The van der Waals surface area contributed by atoms with E-state index in [1.54, 1.807) is 7.11 Å². The fourth-order valence-corrected chi connectivity index (χ4v) is 2.54. The summed E-state index contributed by atoms with van der Waals surface area (Å²) in [5.74, 6) is 0.750. The molecule has 3 heteroatoms. The molecule has 3 nitrogen and oxygen atoms in total. The molecule has 1 fully saturated rings. The molecule has 1 heterocycles. The van der Waals surface area contributed by atoms with Crippen molar-refractivity contribution < 1.29 is 4.74 Å². The van der Waals surface area contributed by atoms with E-state index in [4.69, 9.17) is 4.74 Å². The highest BCUT2D eigenvalue weighted by molar-refractivity contribution is 4.78. The predicted octanol–water partition coefficient (Wildman–Crippen LogP) is 2.12. The van der Waals surface area contributed by atoms with E-state index in [2.05, 4.69) is 24.1 Å². The van der Waals surface area contributed by atoms with E-state index in [0.29, 0.717) is 0 Å². The molecule has 0 radical (unpaired) electrons. The van der Waals surface area contributed by atoms with Crippen molar-refractivity contribution >= 4 is 0 Å². The van der Waals surface area contributed by atoms with Gasteiger partial charge in [-0.05, 0) is 38.3 Å². The Bertz CT molecular complexity index is 185. The van der Waals surface area contributed by atoms with Crippen LogP contribution in [0, 0.1) is 5.92 Å². The van der Waals surface area contributed by atoms with E-state index >= 15 is 0 Å². The van der Waals surface area contributed by atoms with Crippen LogP contribution in [0.25, 0.3) is 0 Å². The Morgan fingerprint density at radius 3 is 2.88 bits per heavy atom. The molecule has 0 aromatic rings. The minimum absolute atomic E-state index is 0.749. The Hall–Kier alpha value is -0.120. The fourth-order valence-electron chi connectivity index (χ4n) is 2.54. The van der Waals surface area contributed by atoms with Gasteiger partial charge in [-0.2, -0.15) is 0 Å². The SMILES string of the molecule is COCCCN1CCCCC1CNCC(C)C. The van der Waals surface area contributed by atoms with Crippen LogP contribution in [-0.2, 0) is 4.74 Å². The molecule has 0 aliphatic carbocycles. The minimum Gasteiger partial charge on any atom is -0.385 e. The van der Waals surface area contributed by atoms with Gasteiger partial charge in [0, 0.05) is 32.8 Å². The lowest BCUT2D eigenvalue weighted by molar-refractivity contribution is 0.120. The Morgan fingerprint density at radius 1 is 1.35 bits per heavy atom. The van der Waals surface area contributed by atoms with Gasteiger partial charge < -0.3 is 10.1 Å². The monoisotopic (exact) mass is 242 g/mol. The van der Waals surface area contributed by atoms with E-state index in [-0.39, 0.29) is 0 Å². The van der Waals surface area contributed by atoms with Crippen molar-refractivity contribution in [1.82, 2.24) is 10.2 Å². The number of nitrogens with zero attached hydrogens (tertiary/aromatic N) is 1. The largest absolute Gasteiger partial charge is 0.385 e. The minimum atomic E-state index is 0.749. The zero-order valence-corrected chi connectivity index (χ0v) is 11.9. The van der Waals surface area contributed by atoms with Gasteiger partial charge in [0.05, 0.1) is 0 Å². The summed E-state index contributed by atoms with van der Waals surface area (Å²) >= 11 is 0. The highest BCUT2D eigenvalue weighted by Gasteiger charge is 2.21. The van der Waals surface area contributed by atoms with Crippen LogP contribution in [0.3, 0.4) is 0 Å². The van der Waals surface area contributed by atoms with Crippen LogP contribution in [0.15, 0.2) is 0 Å². The molecule has 1 N–H and O–H groups in total. The van der Waals surface area contributed by atoms with E-state index in [1.165, 1.54) is 32.4 Å². The first-order valence-corrected chi connectivity index (χ1v) is 7.17. The van der Waals surface area contributed by atoms with Crippen LogP contribution in [0.4, 0.5) is 0 Å². The molecular weight excluding hydrogens is 212 g/mol. The van der Waals surface area contributed by atoms with Gasteiger partial charge in [0.15, 0.2) is 0 Å². The number of methoxy groups -OCH3 is 1. The van der Waals surface area contributed by atoms with Crippen molar-refractivity contribution in [2.24, 2.45) is 5.92 Å². The Kier molecular flexibility index (Phi) is 7.82. The van der Waals surface area contributed by atoms with Crippen LogP contribution >= 0.6 is 0 Å². The smallest absolute Gasteiger partial charge is 0.0474 e. The van der Waals surface area contributed by atoms with Gasteiger partial charge in [-0.3, -0.25) is 4.90 Å². The average Bonchev–Trinajstić information content (AvgIpc) is 2.31. The van der Waals surface area contributed by atoms with Crippen LogP contribution in [0.2, 0.25) is 0 Å². The third kappa shape index (κ3) is 6.39. The van der Waals surface area contributed by atoms with Crippen LogP contribution in [0.1, 0.15) is 39.5 Å². The quantitative estimate of drug-likeness (QED) is 0.660. The van der Waals surface area contributed by atoms with Gasteiger partial charge >= 0.3 is 0 Å². The number of ether oxygens (including phenoxy) is 1. The number of hydrogen-bond donors (Lipinski definition) is 1. The number of nitrogens with one attached hydrogen (secondary N) is 1. The topological polar surface area (TPSA) is 24.5 Å². The van der Waals surface area contributed by atoms with Gasteiger partial charge in [0.2, 0.25) is 0 Å². The van der Waals surface area contributed by atoms with Gasteiger partial charge in [-0.1, -0.05) is 20.3 Å². The van der Waals surface area contributed by atoms with E-state index in [1.807, 2.05) is 0 Å². The van der Waals surface area contributed by atoms with Crippen molar-refractivity contribution in [1.29, 1.82) is 0 Å². The van der Waals surface area contributed by atoms with Gasteiger partial charge in [0.1, 0.15) is 0 Å². The van der Waals surface area contributed by atoms with Crippen molar-refractivity contribution in [2.45, 2.75) is 45.6 Å². The summed E-state index contributed by atoms with van der Waals surface area (Å²) in [6.45, 7) is 10.2. The maximum absolute atomic E-state index is 5.14. The number of hydrogen-bond acceptors (Lipinski definition) is 3. The molecule has 1 saturated heterocycles. The zero-order chi connectivity index (χ0) is 12.5. The average molecular weight is 242 g/mol. The molecule has 0 saturated carbocycles. The van der Waals surface area contributed by atoms with Crippen LogP contribution < -0.4 is 5.32 Å². The summed E-state index contributed by atoms with van der Waals surface area (Å²) in [6.07, 6.45) is 5.29. The third-order valence-corrected chi connectivity index (χ3v) is 3.48. The standard InChI is InChI=1S/C14H30N2O/c1-13(2)11-15-12-14-7-4-5-8-16(14)9-6-10-17-3/h13-15H,4-12H2,1-3H3. The summed E-state index contributed by atoms with van der Waals surface area (Å²) in [5, 5.41) is 3.60. The van der Waals surface area contributed by atoms with E-state index in [9.17, 15) is 0 Å². The molecule has 1 rings (SSSR count). The molecule has 0 spiro atoms. The molecule has 1 aliphatic rings. The predicted molar refractivity (Wildman–Crippen MR) is 73.4 cm³/mol. The molecule has 1 atom stereocenters. The molecule has 0 bridgehead atoms. The van der Waals surface area contributed by atoms with Crippen molar-refractivity contribution in [3.8, 4) is 0 Å². The first kappa shape index (κ1) is 14.9. The summed E-state index contributed by atoms with van der Waals surface area (Å²) in [7, 11) is 1.79.